The van der Waals surface area contributed by atoms with E-state index in [0.29, 0.717) is 16.3 Å². The van der Waals surface area contributed by atoms with Crippen LogP contribution in [0.1, 0.15) is 52.8 Å². The van der Waals surface area contributed by atoms with Crippen LogP contribution in [0, 0.1) is 0 Å². The van der Waals surface area contributed by atoms with Crippen molar-refractivity contribution in [2.24, 2.45) is 5.73 Å². The van der Waals surface area contributed by atoms with E-state index in [1.54, 1.807) is 17.5 Å². The lowest BCUT2D eigenvalue weighted by atomic mass is 9.97. The number of hydrogen-bond donors (Lipinski definition) is 3. The van der Waals surface area contributed by atoms with Crippen molar-refractivity contribution >= 4 is 39.8 Å². The molecule has 0 spiro atoms. The Morgan fingerprint density at radius 3 is 2.70 bits per heavy atom. The number of primary amides is 1. The molecule has 0 radical (unpaired) electrons. The van der Waals surface area contributed by atoms with Gasteiger partial charge in [-0.3, -0.25) is 9.59 Å². The van der Waals surface area contributed by atoms with E-state index in [4.69, 9.17) is 10.5 Å². The summed E-state index contributed by atoms with van der Waals surface area (Å²) >= 11 is 1.17. The van der Waals surface area contributed by atoms with E-state index < -0.39 is 24.4 Å². The number of esters is 1. The van der Waals surface area contributed by atoms with Gasteiger partial charge in [0, 0.05) is 12.2 Å². The van der Waals surface area contributed by atoms with Gasteiger partial charge in [0.2, 0.25) is 0 Å². The summed E-state index contributed by atoms with van der Waals surface area (Å²) in [5.41, 5.74) is 7.98. The number of anilines is 2. The molecule has 1 aliphatic rings. The summed E-state index contributed by atoms with van der Waals surface area (Å²) in [7, 11) is 0. The number of para-hydroxylation sites is 1. The summed E-state index contributed by atoms with van der Waals surface area (Å²) in [5.74, 6) is -1.76. The van der Waals surface area contributed by atoms with Crippen molar-refractivity contribution < 1.29 is 19.1 Å². The number of carbonyl (C=O) groups is 3. The minimum absolute atomic E-state index is 0.224. The van der Waals surface area contributed by atoms with Crippen molar-refractivity contribution in [1.29, 1.82) is 0 Å². The molecule has 30 heavy (non-hydrogen) atoms. The van der Waals surface area contributed by atoms with Gasteiger partial charge in [-0.25, -0.2) is 4.79 Å². The molecule has 1 aromatic carbocycles. The molecule has 2 amide bonds. The van der Waals surface area contributed by atoms with E-state index >= 15 is 0 Å². The maximum atomic E-state index is 12.5. The topological polar surface area (TPSA) is 111 Å². The van der Waals surface area contributed by atoms with Crippen LogP contribution in [0.25, 0.3) is 0 Å². The van der Waals surface area contributed by atoms with Gasteiger partial charge in [-0.2, -0.15) is 0 Å². The average molecular weight is 428 g/mol. The van der Waals surface area contributed by atoms with Gasteiger partial charge in [-0.15, -0.1) is 11.3 Å². The van der Waals surface area contributed by atoms with Gasteiger partial charge >= 0.3 is 5.97 Å². The second-order valence-corrected chi connectivity index (χ2v) is 7.90. The Bertz CT molecular complexity index is 951. The first-order valence-electron chi connectivity index (χ1n) is 9.89. The zero-order valence-electron chi connectivity index (χ0n) is 16.6. The Morgan fingerprint density at radius 2 is 1.93 bits per heavy atom. The standard InChI is InChI=1S/C22H25N3O4S/c23-20(27)17-11-13-30-21(17)25-19(26)14-29-22(28)16-8-4-5-9-18(16)24-12-10-15-6-2-1-3-7-15/h4-6,8-9,11,13,24H,1-3,7,10,12,14H2,(H2,23,27)(H,25,26). The SMILES string of the molecule is NC(=O)c1ccsc1NC(=O)COC(=O)c1ccccc1NCCC1=CCCCC1. The van der Waals surface area contributed by atoms with Crippen LogP contribution in [0.5, 0.6) is 0 Å². The van der Waals surface area contributed by atoms with Crippen molar-refractivity contribution in [1.82, 2.24) is 0 Å². The number of nitrogens with one attached hydrogen (secondary N) is 2. The lowest BCUT2D eigenvalue weighted by molar-refractivity contribution is -0.119. The molecule has 0 bridgehead atoms. The van der Waals surface area contributed by atoms with E-state index in [9.17, 15) is 14.4 Å². The smallest absolute Gasteiger partial charge is 0.340 e. The molecule has 8 heteroatoms. The zero-order chi connectivity index (χ0) is 21.3. The largest absolute Gasteiger partial charge is 0.452 e. The second-order valence-electron chi connectivity index (χ2n) is 6.98. The minimum atomic E-state index is -0.632. The molecule has 7 nitrogen and oxygen atoms in total. The molecular weight excluding hydrogens is 402 g/mol. The van der Waals surface area contributed by atoms with Crippen LogP contribution >= 0.6 is 11.3 Å². The van der Waals surface area contributed by atoms with Crippen molar-refractivity contribution in [3.8, 4) is 0 Å². The Hall–Kier alpha value is -3.13. The Balaban J connectivity index is 1.52. The Morgan fingerprint density at radius 1 is 1.10 bits per heavy atom. The molecule has 158 valence electrons. The van der Waals surface area contributed by atoms with E-state index in [1.807, 2.05) is 12.1 Å². The third-order valence-corrected chi connectivity index (χ3v) is 5.64. The van der Waals surface area contributed by atoms with Crippen LogP contribution < -0.4 is 16.4 Å². The van der Waals surface area contributed by atoms with Gasteiger partial charge in [0.25, 0.3) is 11.8 Å². The normalized spacial score (nSPS) is 13.3. The van der Waals surface area contributed by atoms with Crippen LogP contribution in [0.4, 0.5) is 10.7 Å². The van der Waals surface area contributed by atoms with Gasteiger partial charge in [-0.1, -0.05) is 23.8 Å². The highest BCUT2D eigenvalue weighted by atomic mass is 32.1. The first kappa shape index (κ1) is 21.6. The number of hydrogen-bond acceptors (Lipinski definition) is 6. The molecular formula is C22H25N3O4S. The van der Waals surface area contributed by atoms with Crippen LogP contribution in [0.3, 0.4) is 0 Å². The molecule has 0 unspecified atom stereocenters. The monoisotopic (exact) mass is 427 g/mol. The van der Waals surface area contributed by atoms with Crippen molar-refractivity contribution in [3.63, 3.8) is 0 Å². The van der Waals surface area contributed by atoms with Crippen LogP contribution in [-0.4, -0.2) is 30.9 Å². The molecule has 0 fully saturated rings. The molecule has 0 aliphatic heterocycles. The fourth-order valence-electron chi connectivity index (χ4n) is 3.28. The number of rotatable bonds is 9. The summed E-state index contributed by atoms with van der Waals surface area (Å²) in [5, 5.41) is 7.82. The van der Waals surface area contributed by atoms with E-state index in [1.165, 1.54) is 35.8 Å². The maximum absolute atomic E-state index is 12.5. The number of thiophene rings is 1. The summed E-state index contributed by atoms with van der Waals surface area (Å²) in [6, 6.07) is 8.59. The maximum Gasteiger partial charge on any atom is 0.340 e. The molecule has 4 N–H and O–H groups in total. The number of benzene rings is 1. The molecule has 2 aromatic rings. The van der Waals surface area contributed by atoms with Gasteiger partial charge in [0.05, 0.1) is 11.1 Å². The molecule has 0 saturated carbocycles. The Labute approximate surface area is 179 Å². The van der Waals surface area contributed by atoms with Gasteiger partial charge < -0.3 is 21.1 Å². The van der Waals surface area contributed by atoms with E-state index in [2.05, 4.69) is 16.7 Å². The lowest BCUT2D eigenvalue weighted by Crippen LogP contribution is -2.22. The van der Waals surface area contributed by atoms with Crippen molar-refractivity contribution in [2.45, 2.75) is 32.1 Å². The first-order valence-corrected chi connectivity index (χ1v) is 10.8. The fraction of sp³-hybridized carbons (Fsp3) is 0.318. The van der Waals surface area contributed by atoms with Gasteiger partial charge in [0.1, 0.15) is 5.00 Å². The fourth-order valence-corrected chi connectivity index (χ4v) is 4.08. The quantitative estimate of drug-likeness (QED) is 0.415. The van der Waals surface area contributed by atoms with Gasteiger partial charge in [-0.05, 0) is 55.7 Å². The first-order chi connectivity index (χ1) is 14.5. The predicted octanol–water partition coefficient (Wildman–Crippen LogP) is 3.94. The number of nitrogens with two attached hydrogens (primary N) is 1. The number of allylic oxidation sites excluding steroid dienone is 1. The highest BCUT2D eigenvalue weighted by molar-refractivity contribution is 7.14. The van der Waals surface area contributed by atoms with Crippen LogP contribution in [0.2, 0.25) is 0 Å². The van der Waals surface area contributed by atoms with Crippen LogP contribution in [0.15, 0.2) is 47.4 Å². The zero-order valence-corrected chi connectivity index (χ0v) is 17.4. The number of ether oxygens (including phenoxy) is 1. The molecule has 0 saturated heterocycles. The summed E-state index contributed by atoms with van der Waals surface area (Å²) in [6.45, 7) is 0.265. The third-order valence-electron chi connectivity index (χ3n) is 4.81. The molecule has 1 aromatic heterocycles. The van der Waals surface area contributed by atoms with E-state index in [-0.39, 0.29) is 5.56 Å². The minimum Gasteiger partial charge on any atom is -0.452 e. The molecule has 1 aliphatic carbocycles. The van der Waals surface area contributed by atoms with E-state index in [0.717, 1.165) is 25.8 Å². The second kappa shape index (κ2) is 10.6. The summed E-state index contributed by atoms with van der Waals surface area (Å²) in [6.07, 6.45) is 8.03. The molecule has 1 heterocycles. The van der Waals surface area contributed by atoms with Crippen LogP contribution in [-0.2, 0) is 9.53 Å². The molecule has 0 atom stereocenters. The van der Waals surface area contributed by atoms with Gasteiger partial charge in [0.15, 0.2) is 6.61 Å². The predicted molar refractivity (Wildman–Crippen MR) is 118 cm³/mol. The van der Waals surface area contributed by atoms with Crippen molar-refractivity contribution in [2.75, 3.05) is 23.8 Å². The lowest BCUT2D eigenvalue weighted by Gasteiger charge is -2.15. The van der Waals surface area contributed by atoms with Crippen molar-refractivity contribution in [3.05, 3.63) is 58.5 Å². The average Bonchev–Trinajstić information content (AvgIpc) is 3.21. The highest BCUT2D eigenvalue weighted by Crippen LogP contribution is 2.23. The number of amides is 2. The Kier molecular flexibility index (Phi) is 7.62. The number of carbonyl (C=O) groups excluding carboxylic acids is 3. The molecule has 3 rings (SSSR count). The summed E-state index contributed by atoms with van der Waals surface area (Å²) < 4.78 is 5.16. The summed E-state index contributed by atoms with van der Waals surface area (Å²) in [4.78, 5) is 35.9. The third kappa shape index (κ3) is 5.93. The highest BCUT2D eigenvalue weighted by Gasteiger charge is 2.16.